The molecule has 0 spiro atoms. The number of rotatable bonds is 3. The summed E-state index contributed by atoms with van der Waals surface area (Å²) < 4.78 is 0.591. The Balaban J connectivity index is 0. The maximum Gasteiger partial charge on any atom is 0.256 e. The summed E-state index contributed by atoms with van der Waals surface area (Å²) in [6.07, 6.45) is 0. The third kappa shape index (κ3) is 17.1. The molecule has 0 unspecified atom stereocenters. The van der Waals surface area contributed by atoms with Crippen LogP contribution in [0.4, 0.5) is 0 Å². The minimum Gasteiger partial charge on any atom is -0.348 e. The van der Waals surface area contributed by atoms with Crippen molar-refractivity contribution < 1.29 is 4.48 Å². The predicted octanol–water partition coefficient (Wildman–Crippen LogP) is 4.46. The first kappa shape index (κ1) is 17.9. The van der Waals surface area contributed by atoms with Gasteiger partial charge in [0.25, 0.3) is -0.869 Å². The fourth-order valence-corrected chi connectivity index (χ4v) is 0.671. The number of hydrogen-bond donors (Lipinski definition) is 0. The molecule has 82 valence electrons. The van der Waals surface area contributed by atoms with Crippen LogP contribution in [0.5, 0.6) is 0 Å². The van der Waals surface area contributed by atoms with Crippen LogP contribution in [0.3, 0.4) is 0 Å². The summed E-state index contributed by atoms with van der Waals surface area (Å²) in [5.74, 6) is 0. The van der Waals surface area contributed by atoms with Gasteiger partial charge in [0.1, 0.15) is 0 Å². The zero-order valence-electron chi connectivity index (χ0n) is 8.66. The predicted molar refractivity (Wildman–Crippen MR) is 91.5 cm³/mol. The van der Waals surface area contributed by atoms with E-state index in [1.165, 1.54) is 24.1 Å². The summed E-state index contributed by atoms with van der Waals surface area (Å²) in [7, 11) is 2.29. The van der Waals surface area contributed by atoms with Crippen LogP contribution in [-0.4, -0.2) is 30.3 Å². The summed E-state index contributed by atoms with van der Waals surface area (Å²) >= 11 is 12.1. The van der Waals surface area contributed by atoms with Gasteiger partial charge in [0.15, 0.2) is 0 Å². The van der Waals surface area contributed by atoms with E-state index in [0.717, 1.165) is 0 Å². The molecule has 0 aliphatic heterocycles. The molecule has 0 amide bonds. The quantitative estimate of drug-likeness (QED) is 0.281. The standard InChI is InChI=1S/C7H18N.BClI3/c1-5-8(4,6-2)7-3;2-1(3,4)5/h5-7H2,1-4H3;/q+1;-1. The molecule has 0 saturated carbocycles. The maximum atomic E-state index is 5.55. The fraction of sp³-hybridized carbons (Fsp3) is 1.00. The molecule has 0 bridgehead atoms. The van der Waals surface area contributed by atoms with E-state index in [4.69, 9.17) is 11.5 Å². The highest BCUT2D eigenvalue weighted by Crippen LogP contribution is 2.32. The van der Waals surface area contributed by atoms with E-state index in [9.17, 15) is 0 Å². The highest BCUT2D eigenvalue weighted by Gasteiger charge is 2.10. The lowest BCUT2D eigenvalue weighted by atomic mass is 10.4. The van der Waals surface area contributed by atoms with Crippen LogP contribution >= 0.6 is 78.6 Å². The number of quaternary nitrogens is 1. The lowest BCUT2D eigenvalue weighted by Gasteiger charge is -2.30. The largest absolute Gasteiger partial charge is 0.348 e. The van der Waals surface area contributed by atoms with Gasteiger partial charge in [-0.1, -0.05) is 0 Å². The normalized spacial score (nSPS) is 12.0. The first-order valence-electron chi connectivity index (χ1n) is 4.39. The molecule has 0 aliphatic carbocycles. The molecule has 0 rings (SSSR count). The molecule has 0 aromatic carbocycles. The molecule has 0 heterocycles. The Hall–Kier alpha value is 2.50. The van der Waals surface area contributed by atoms with E-state index >= 15 is 0 Å². The molecule has 6 heteroatoms. The Morgan fingerprint density at radius 1 is 1.00 bits per heavy atom. The second kappa shape index (κ2) is 8.63. The number of hydrogen-bond acceptors (Lipinski definition) is 0. The Labute approximate surface area is 128 Å². The van der Waals surface area contributed by atoms with Crippen molar-refractivity contribution in [2.75, 3.05) is 26.7 Å². The van der Waals surface area contributed by atoms with Gasteiger partial charge in [-0.2, -0.15) is 0 Å². The van der Waals surface area contributed by atoms with E-state index in [1.807, 2.05) is 0 Å². The summed E-state index contributed by atoms with van der Waals surface area (Å²) in [4.78, 5) is 0. The van der Waals surface area contributed by atoms with Crippen molar-refractivity contribution in [1.82, 2.24) is 0 Å². The molecule has 0 atom stereocenters. The molecule has 0 fully saturated rings. The third-order valence-electron chi connectivity index (χ3n) is 2.29. The van der Waals surface area contributed by atoms with Crippen molar-refractivity contribution in [3.63, 3.8) is 0 Å². The van der Waals surface area contributed by atoms with Crippen LogP contribution in [-0.2, 0) is 0 Å². The Morgan fingerprint density at radius 2 is 1.15 bits per heavy atom. The Kier molecular flexibility index (Phi) is 11.9. The van der Waals surface area contributed by atoms with Gasteiger partial charge < -0.3 is 83.1 Å². The first-order valence-corrected chi connectivity index (χ1v) is 8.56. The molecule has 13 heavy (non-hydrogen) atoms. The van der Waals surface area contributed by atoms with Gasteiger partial charge in [0, 0.05) is 0 Å². The van der Waals surface area contributed by atoms with Crippen molar-refractivity contribution in [1.29, 1.82) is 0 Å². The lowest BCUT2D eigenvalue weighted by Crippen LogP contribution is -2.42. The van der Waals surface area contributed by atoms with Crippen molar-refractivity contribution in [3.05, 3.63) is 0 Å². The number of halogens is 4. The average Bonchev–Trinajstić information content (AvgIpc) is 2.00. The molecular formula is C7H18BClI3N. The molecule has 0 aromatic heterocycles. The third-order valence-corrected chi connectivity index (χ3v) is 2.29. The van der Waals surface area contributed by atoms with E-state index in [2.05, 4.69) is 94.9 Å². The van der Waals surface area contributed by atoms with Crippen LogP contribution in [0.25, 0.3) is 0 Å². The maximum absolute atomic E-state index is 5.55. The zero-order valence-corrected chi connectivity index (χ0v) is 15.9. The van der Waals surface area contributed by atoms with Crippen LogP contribution < -0.4 is 0 Å². The van der Waals surface area contributed by atoms with Crippen molar-refractivity contribution >= 4 is 77.7 Å². The lowest BCUT2D eigenvalue weighted by molar-refractivity contribution is -0.904. The van der Waals surface area contributed by atoms with Crippen LogP contribution in [0.15, 0.2) is 0 Å². The average molecular weight is 543 g/mol. The van der Waals surface area contributed by atoms with Crippen LogP contribution in [0.1, 0.15) is 20.8 Å². The second-order valence-electron chi connectivity index (χ2n) is 3.06. The van der Waals surface area contributed by atoms with Gasteiger partial charge in [0.05, 0.1) is 26.7 Å². The van der Waals surface area contributed by atoms with Crippen molar-refractivity contribution in [3.8, 4) is 0 Å². The van der Waals surface area contributed by atoms with Gasteiger partial charge in [-0.3, -0.25) is 0 Å². The van der Waals surface area contributed by atoms with E-state index in [1.54, 1.807) is 0 Å². The van der Waals surface area contributed by atoms with Crippen molar-refractivity contribution in [2.24, 2.45) is 0 Å². The summed E-state index contributed by atoms with van der Waals surface area (Å²) in [5, 5.41) is 0. The van der Waals surface area contributed by atoms with Gasteiger partial charge in [-0.05, 0) is 20.8 Å². The summed E-state index contributed by atoms with van der Waals surface area (Å²) in [6.45, 7) is 10.5. The van der Waals surface area contributed by atoms with E-state index in [-0.39, 0.29) is 0 Å². The molecule has 0 radical (unpaired) electrons. The van der Waals surface area contributed by atoms with Gasteiger partial charge in [0.2, 0.25) is 0 Å². The zero-order chi connectivity index (χ0) is 11.1. The van der Waals surface area contributed by atoms with Gasteiger partial charge >= 0.3 is 0 Å². The summed E-state index contributed by atoms with van der Waals surface area (Å²) in [6, 6.07) is 0. The second-order valence-corrected chi connectivity index (χ2v) is 18.7. The smallest absolute Gasteiger partial charge is 0.256 e. The fourth-order valence-electron chi connectivity index (χ4n) is 0.671. The number of nitrogens with zero attached hydrogens (tertiary/aromatic N) is 1. The minimum atomic E-state index is -0.618. The molecule has 1 nitrogen and oxygen atoms in total. The topological polar surface area (TPSA) is 0 Å². The Morgan fingerprint density at radius 3 is 1.15 bits per heavy atom. The first-order chi connectivity index (χ1) is 5.68. The molecular weight excluding hydrogens is 525 g/mol. The molecule has 0 N–H and O–H groups in total. The summed E-state index contributed by atoms with van der Waals surface area (Å²) in [5.41, 5.74) is 0. The molecule has 0 aliphatic rings. The Bertz CT molecular complexity index is 111. The SMILES string of the molecule is CC[N+](C)(CC)CC.Cl[B-](I)(I)I. The van der Waals surface area contributed by atoms with E-state index < -0.39 is -0.869 Å². The molecule has 0 aromatic rings. The van der Waals surface area contributed by atoms with Crippen molar-refractivity contribution in [2.45, 2.75) is 20.8 Å². The highest BCUT2D eigenvalue weighted by molar-refractivity contribution is 14.4. The van der Waals surface area contributed by atoms with Crippen LogP contribution in [0.2, 0.25) is 0 Å². The highest BCUT2D eigenvalue weighted by atomic mass is 127. The van der Waals surface area contributed by atoms with E-state index in [0.29, 0.717) is 0 Å². The van der Waals surface area contributed by atoms with Gasteiger partial charge in [-0.15, -0.1) is 0 Å². The monoisotopic (exact) mass is 543 g/mol. The van der Waals surface area contributed by atoms with Gasteiger partial charge in [-0.25, -0.2) is 0 Å². The minimum absolute atomic E-state index is 0.618. The molecule has 0 saturated heterocycles. The van der Waals surface area contributed by atoms with Crippen LogP contribution in [0, 0.1) is 0 Å².